The zero-order chi connectivity index (χ0) is 16.1. The number of benzene rings is 2. The largest absolute Gasteiger partial charge is 0.508 e. The molecule has 0 aromatic heterocycles. The second-order valence-corrected chi connectivity index (χ2v) is 4.60. The van der Waals surface area contributed by atoms with Gasteiger partial charge >= 0.3 is 0 Å². The molecule has 1 amide bonds. The van der Waals surface area contributed by atoms with Gasteiger partial charge < -0.3 is 15.3 Å². The summed E-state index contributed by atoms with van der Waals surface area (Å²) in [5, 5.41) is 32.5. The van der Waals surface area contributed by atoms with Gasteiger partial charge in [-0.25, -0.2) is 5.43 Å². The maximum Gasteiger partial charge on any atom is 0.271 e. The number of nitrogens with one attached hydrogen (secondary N) is 1. The molecule has 6 nitrogen and oxygen atoms in total. The number of phenols is 3. The second-order valence-electron chi connectivity index (χ2n) is 4.60. The van der Waals surface area contributed by atoms with Gasteiger partial charge in [0.15, 0.2) is 0 Å². The van der Waals surface area contributed by atoms with Gasteiger partial charge in [0.2, 0.25) is 0 Å². The first-order chi connectivity index (χ1) is 10.5. The van der Waals surface area contributed by atoms with E-state index in [4.69, 9.17) is 0 Å². The van der Waals surface area contributed by atoms with Gasteiger partial charge in [-0.3, -0.25) is 4.79 Å². The van der Waals surface area contributed by atoms with Crippen LogP contribution in [-0.4, -0.2) is 26.9 Å². The third kappa shape index (κ3) is 3.54. The SMILES string of the molecule is CC/C(=N\NC(=O)c1ccc(O)cc1)c1cc(O)ccc1O. The minimum atomic E-state index is -0.439. The Morgan fingerprint density at radius 3 is 2.32 bits per heavy atom. The molecule has 22 heavy (non-hydrogen) atoms. The molecule has 0 atom stereocenters. The van der Waals surface area contributed by atoms with Crippen LogP contribution in [0.4, 0.5) is 0 Å². The van der Waals surface area contributed by atoms with Crippen LogP contribution in [-0.2, 0) is 0 Å². The first-order valence-electron chi connectivity index (χ1n) is 6.69. The average molecular weight is 300 g/mol. The number of aromatic hydroxyl groups is 3. The van der Waals surface area contributed by atoms with Gasteiger partial charge in [0, 0.05) is 11.1 Å². The molecule has 0 unspecified atom stereocenters. The van der Waals surface area contributed by atoms with Gasteiger partial charge in [-0.1, -0.05) is 6.92 Å². The molecule has 0 aliphatic carbocycles. The van der Waals surface area contributed by atoms with Crippen molar-refractivity contribution >= 4 is 11.6 Å². The summed E-state index contributed by atoms with van der Waals surface area (Å²) in [5.41, 5.74) is 3.52. The van der Waals surface area contributed by atoms with E-state index in [0.717, 1.165) is 0 Å². The van der Waals surface area contributed by atoms with E-state index in [-0.39, 0.29) is 17.2 Å². The number of hydrazone groups is 1. The predicted molar refractivity (Wildman–Crippen MR) is 82.2 cm³/mol. The molecule has 2 aromatic rings. The zero-order valence-electron chi connectivity index (χ0n) is 11.9. The minimum Gasteiger partial charge on any atom is -0.508 e. The number of hydrogen-bond donors (Lipinski definition) is 4. The van der Waals surface area contributed by atoms with Crippen molar-refractivity contribution in [3.05, 3.63) is 53.6 Å². The Balaban J connectivity index is 2.20. The summed E-state index contributed by atoms with van der Waals surface area (Å²) in [5.74, 6) is -0.402. The highest BCUT2D eigenvalue weighted by Gasteiger charge is 2.10. The predicted octanol–water partition coefficient (Wildman–Crippen LogP) is 2.35. The summed E-state index contributed by atoms with van der Waals surface area (Å²) in [4.78, 5) is 11.9. The monoisotopic (exact) mass is 300 g/mol. The molecule has 2 rings (SSSR count). The van der Waals surface area contributed by atoms with Crippen LogP contribution in [0.1, 0.15) is 29.3 Å². The van der Waals surface area contributed by atoms with Gasteiger partial charge in [0.1, 0.15) is 17.2 Å². The highest BCUT2D eigenvalue weighted by Crippen LogP contribution is 2.23. The molecule has 0 spiro atoms. The lowest BCUT2D eigenvalue weighted by atomic mass is 10.1. The maximum absolute atomic E-state index is 11.9. The third-order valence-corrected chi connectivity index (χ3v) is 3.05. The van der Waals surface area contributed by atoms with Crippen molar-refractivity contribution in [2.45, 2.75) is 13.3 Å². The van der Waals surface area contributed by atoms with Crippen LogP contribution in [0.5, 0.6) is 17.2 Å². The number of carbonyl (C=O) groups is 1. The normalized spacial score (nSPS) is 11.2. The molecule has 0 aliphatic heterocycles. The molecule has 114 valence electrons. The van der Waals surface area contributed by atoms with Gasteiger partial charge in [-0.2, -0.15) is 5.10 Å². The maximum atomic E-state index is 11.9. The molecule has 0 saturated carbocycles. The van der Waals surface area contributed by atoms with Crippen molar-refractivity contribution in [2.24, 2.45) is 5.10 Å². The number of hydrogen-bond acceptors (Lipinski definition) is 5. The molecular weight excluding hydrogens is 284 g/mol. The first kappa shape index (κ1) is 15.4. The Morgan fingerprint density at radius 1 is 1.05 bits per heavy atom. The van der Waals surface area contributed by atoms with E-state index >= 15 is 0 Å². The highest BCUT2D eigenvalue weighted by atomic mass is 16.3. The zero-order valence-corrected chi connectivity index (χ0v) is 11.9. The van der Waals surface area contributed by atoms with E-state index in [2.05, 4.69) is 10.5 Å². The lowest BCUT2D eigenvalue weighted by molar-refractivity contribution is 0.0954. The van der Waals surface area contributed by atoms with Crippen molar-refractivity contribution in [1.29, 1.82) is 0 Å². The topological polar surface area (TPSA) is 102 Å². The molecule has 0 fully saturated rings. The Bertz CT molecular complexity index is 709. The average Bonchev–Trinajstić information content (AvgIpc) is 2.51. The van der Waals surface area contributed by atoms with E-state index in [1.54, 1.807) is 0 Å². The number of phenolic OH excluding ortho intramolecular Hbond substituents is 3. The van der Waals surface area contributed by atoms with E-state index in [1.807, 2.05) is 6.92 Å². The fourth-order valence-electron chi connectivity index (χ4n) is 1.88. The summed E-state index contributed by atoms with van der Waals surface area (Å²) in [7, 11) is 0. The molecular formula is C16H16N2O4. The Kier molecular flexibility index (Phi) is 4.63. The third-order valence-electron chi connectivity index (χ3n) is 3.05. The molecule has 4 N–H and O–H groups in total. The van der Waals surface area contributed by atoms with E-state index in [9.17, 15) is 20.1 Å². The quantitative estimate of drug-likeness (QED) is 0.395. The van der Waals surface area contributed by atoms with Crippen LogP contribution in [0.3, 0.4) is 0 Å². The number of amides is 1. The van der Waals surface area contributed by atoms with Crippen molar-refractivity contribution in [2.75, 3.05) is 0 Å². The van der Waals surface area contributed by atoms with Gasteiger partial charge in [-0.15, -0.1) is 0 Å². The lowest BCUT2D eigenvalue weighted by Crippen LogP contribution is -2.19. The van der Waals surface area contributed by atoms with Crippen molar-refractivity contribution in [3.8, 4) is 17.2 Å². The van der Waals surface area contributed by atoms with Crippen LogP contribution in [0.15, 0.2) is 47.6 Å². The molecule has 6 heteroatoms. The van der Waals surface area contributed by atoms with Crippen molar-refractivity contribution < 1.29 is 20.1 Å². The molecule has 0 heterocycles. The smallest absolute Gasteiger partial charge is 0.271 e. The van der Waals surface area contributed by atoms with E-state index < -0.39 is 5.91 Å². The minimum absolute atomic E-state index is 0.00110. The summed E-state index contributed by atoms with van der Waals surface area (Å²) in [6.07, 6.45) is 0.451. The Labute approximate surface area is 127 Å². The Morgan fingerprint density at radius 2 is 1.68 bits per heavy atom. The number of nitrogens with zero attached hydrogens (tertiary/aromatic N) is 1. The number of carbonyl (C=O) groups excluding carboxylic acids is 1. The molecule has 0 radical (unpaired) electrons. The summed E-state index contributed by atoms with van der Waals surface area (Å²) < 4.78 is 0. The van der Waals surface area contributed by atoms with Crippen LogP contribution in [0.2, 0.25) is 0 Å². The van der Waals surface area contributed by atoms with Crippen LogP contribution in [0.25, 0.3) is 0 Å². The fraction of sp³-hybridized carbons (Fsp3) is 0.125. The van der Waals surface area contributed by atoms with E-state index in [1.165, 1.54) is 42.5 Å². The second kappa shape index (κ2) is 6.62. The van der Waals surface area contributed by atoms with Crippen molar-refractivity contribution in [1.82, 2.24) is 5.43 Å². The molecule has 2 aromatic carbocycles. The fourth-order valence-corrected chi connectivity index (χ4v) is 1.88. The number of rotatable bonds is 4. The van der Waals surface area contributed by atoms with Gasteiger partial charge in [-0.05, 0) is 48.9 Å². The van der Waals surface area contributed by atoms with Gasteiger partial charge in [0.25, 0.3) is 5.91 Å². The highest BCUT2D eigenvalue weighted by molar-refractivity contribution is 6.04. The first-order valence-corrected chi connectivity index (χ1v) is 6.69. The van der Waals surface area contributed by atoms with Crippen LogP contribution in [0, 0.1) is 0 Å². The van der Waals surface area contributed by atoms with E-state index in [0.29, 0.717) is 23.3 Å². The molecule has 0 bridgehead atoms. The summed E-state index contributed by atoms with van der Waals surface area (Å²) in [6.45, 7) is 1.81. The van der Waals surface area contributed by atoms with Crippen LogP contribution >= 0.6 is 0 Å². The standard InChI is InChI=1S/C16H16N2O4/c1-2-14(13-9-12(20)7-8-15(13)21)17-18-16(22)10-3-5-11(19)6-4-10/h3-9,19-21H,2H2,1H3,(H,18,22)/b17-14+. The summed E-state index contributed by atoms with van der Waals surface area (Å²) in [6, 6.07) is 9.85. The molecule has 0 saturated heterocycles. The van der Waals surface area contributed by atoms with Crippen molar-refractivity contribution in [3.63, 3.8) is 0 Å². The molecule has 0 aliphatic rings. The Hall–Kier alpha value is -3.02. The van der Waals surface area contributed by atoms with Gasteiger partial charge in [0.05, 0.1) is 5.71 Å². The van der Waals surface area contributed by atoms with Crippen LogP contribution < -0.4 is 5.43 Å². The summed E-state index contributed by atoms with van der Waals surface area (Å²) >= 11 is 0. The lowest BCUT2D eigenvalue weighted by Gasteiger charge is -2.08.